The molecule has 7 heteroatoms. The maximum absolute atomic E-state index is 14.4. The number of halogens is 3. The first-order valence-electron chi connectivity index (χ1n) is 6.40. The molecule has 3 rings (SSSR count). The smallest absolute Gasteiger partial charge is 0.148 e. The second kappa shape index (κ2) is 6.56. The highest BCUT2D eigenvalue weighted by atomic mass is 79.9. The zero-order chi connectivity index (χ0) is 15.0. The predicted molar refractivity (Wildman–Crippen MR) is 92.5 cm³/mol. The summed E-state index contributed by atoms with van der Waals surface area (Å²) in [5.41, 5.74) is 4.53. The number of hydrazine groups is 1. The zero-order valence-electron chi connectivity index (χ0n) is 11.0. The fraction of sp³-hybridized carbons (Fsp3) is 0.286. The minimum Gasteiger partial charge on any atom is -0.271 e. The van der Waals surface area contributed by atoms with Crippen molar-refractivity contribution in [2.75, 3.05) is 5.75 Å². The summed E-state index contributed by atoms with van der Waals surface area (Å²) >= 11 is 12.8. The van der Waals surface area contributed by atoms with Crippen molar-refractivity contribution >= 4 is 50.6 Å². The van der Waals surface area contributed by atoms with Crippen molar-refractivity contribution < 1.29 is 4.39 Å². The fourth-order valence-electron chi connectivity index (χ4n) is 2.40. The van der Waals surface area contributed by atoms with Gasteiger partial charge in [-0.2, -0.15) is 11.8 Å². The Bertz CT molecular complexity index is 654. The van der Waals surface area contributed by atoms with Crippen LogP contribution in [0.15, 0.2) is 22.7 Å². The number of fused-ring (bicyclic) bond motifs is 1. The molecule has 0 radical (unpaired) electrons. The number of hydrogen-bond acceptors (Lipinski definition) is 4. The average Bonchev–Trinajstić information content (AvgIpc) is 2.91. The first-order valence-corrected chi connectivity index (χ1v) is 9.54. The van der Waals surface area contributed by atoms with E-state index in [1.54, 1.807) is 23.5 Å². The molecule has 1 unspecified atom stereocenters. The summed E-state index contributed by atoms with van der Waals surface area (Å²) in [5, 5.41) is 0.0876. The molecule has 2 heterocycles. The van der Waals surface area contributed by atoms with Gasteiger partial charge >= 0.3 is 0 Å². The van der Waals surface area contributed by atoms with E-state index in [1.807, 2.05) is 11.8 Å². The summed E-state index contributed by atoms with van der Waals surface area (Å²) in [4.78, 5) is 2.41. The van der Waals surface area contributed by atoms with Gasteiger partial charge in [-0.05, 0) is 45.8 Å². The van der Waals surface area contributed by atoms with Crippen LogP contribution in [-0.4, -0.2) is 5.75 Å². The molecule has 21 heavy (non-hydrogen) atoms. The van der Waals surface area contributed by atoms with Crippen molar-refractivity contribution in [3.63, 3.8) is 0 Å². The van der Waals surface area contributed by atoms with Crippen LogP contribution in [0.1, 0.15) is 26.9 Å². The molecule has 0 aliphatic carbocycles. The van der Waals surface area contributed by atoms with E-state index in [0.29, 0.717) is 10.0 Å². The molecule has 0 saturated heterocycles. The van der Waals surface area contributed by atoms with E-state index in [4.69, 9.17) is 17.4 Å². The third-order valence-electron chi connectivity index (χ3n) is 3.47. The van der Waals surface area contributed by atoms with Crippen LogP contribution in [-0.2, 0) is 12.2 Å². The molecule has 0 saturated carbocycles. The molecule has 2 nitrogen and oxygen atoms in total. The van der Waals surface area contributed by atoms with Crippen LogP contribution in [0.4, 0.5) is 4.39 Å². The van der Waals surface area contributed by atoms with E-state index in [1.165, 1.54) is 10.4 Å². The Morgan fingerprint density at radius 3 is 2.95 bits per heavy atom. The summed E-state index contributed by atoms with van der Waals surface area (Å²) in [6, 6.07) is 5.21. The highest BCUT2D eigenvalue weighted by Gasteiger charge is 2.23. The van der Waals surface area contributed by atoms with Gasteiger partial charge < -0.3 is 0 Å². The number of hydrogen-bond donors (Lipinski definition) is 2. The number of thioether (sulfide) groups is 1. The fourth-order valence-corrected chi connectivity index (χ4v) is 5.34. The van der Waals surface area contributed by atoms with Crippen molar-refractivity contribution in [1.29, 1.82) is 0 Å². The van der Waals surface area contributed by atoms with Gasteiger partial charge in [-0.15, -0.1) is 11.3 Å². The van der Waals surface area contributed by atoms with E-state index in [2.05, 4.69) is 27.4 Å². The normalized spacial score (nSPS) is 15.8. The predicted octanol–water partition coefficient (Wildman–Crippen LogP) is 4.65. The van der Waals surface area contributed by atoms with Gasteiger partial charge in [0.15, 0.2) is 0 Å². The quantitative estimate of drug-likeness (QED) is 0.442. The summed E-state index contributed by atoms with van der Waals surface area (Å²) in [5.74, 6) is 7.41. The van der Waals surface area contributed by atoms with Crippen LogP contribution >= 0.6 is 50.6 Å². The standard InChI is InChI=1S/C14H13BrClFN2S2/c15-9-2-1-8(13(17)12(9)16)14(19-18)11-5-7-6-20-4-3-10(7)21-11/h1-2,5,14,19H,3-4,6,18H2. The Morgan fingerprint density at radius 1 is 1.43 bits per heavy atom. The van der Waals surface area contributed by atoms with E-state index in [-0.39, 0.29) is 11.1 Å². The molecule has 1 atom stereocenters. The molecular formula is C14H13BrClFN2S2. The van der Waals surface area contributed by atoms with Gasteiger partial charge in [0, 0.05) is 25.5 Å². The lowest BCUT2D eigenvalue weighted by atomic mass is 10.0. The average molecular weight is 408 g/mol. The van der Waals surface area contributed by atoms with E-state index < -0.39 is 5.82 Å². The minimum atomic E-state index is -0.435. The second-order valence-corrected chi connectivity index (χ2v) is 8.27. The van der Waals surface area contributed by atoms with Crippen molar-refractivity contribution in [2.45, 2.75) is 18.2 Å². The molecule has 3 N–H and O–H groups in total. The number of thiophene rings is 1. The monoisotopic (exact) mass is 406 g/mol. The highest BCUT2D eigenvalue weighted by molar-refractivity contribution is 9.10. The molecule has 0 amide bonds. The van der Waals surface area contributed by atoms with Crippen molar-refractivity contribution in [3.8, 4) is 0 Å². The van der Waals surface area contributed by atoms with Crippen molar-refractivity contribution in [1.82, 2.24) is 5.43 Å². The lowest BCUT2D eigenvalue weighted by Crippen LogP contribution is -2.29. The molecule has 1 aliphatic rings. The lowest BCUT2D eigenvalue weighted by Gasteiger charge is -2.16. The van der Waals surface area contributed by atoms with Gasteiger partial charge in [-0.3, -0.25) is 5.84 Å². The molecule has 1 aromatic heterocycles. The Kier molecular flexibility index (Phi) is 4.93. The van der Waals surface area contributed by atoms with E-state index in [0.717, 1.165) is 22.8 Å². The van der Waals surface area contributed by atoms with Crippen LogP contribution in [0.3, 0.4) is 0 Å². The Morgan fingerprint density at radius 2 is 2.24 bits per heavy atom. The number of aryl methyl sites for hydroxylation is 1. The lowest BCUT2D eigenvalue weighted by molar-refractivity contribution is 0.564. The molecule has 2 aromatic rings. The SMILES string of the molecule is NNC(c1cc2c(s1)CCSC2)c1ccc(Br)c(Cl)c1F. The molecule has 112 valence electrons. The minimum absolute atomic E-state index is 0.0876. The topological polar surface area (TPSA) is 38.0 Å². The third kappa shape index (κ3) is 3.02. The maximum Gasteiger partial charge on any atom is 0.148 e. The van der Waals surface area contributed by atoms with Gasteiger partial charge in [0.2, 0.25) is 0 Å². The molecule has 0 spiro atoms. The third-order valence-corrected chi connectivity index (χ3v) is 7.04. The number of benzene rings is 1. The van der Waals surface area contributed by atoms with Gasteiger partial charge in [-0.1, -0.05) is 17.7 Å². The summed E-state index contributed by atoms with van der Waals surface area (Å²) in [6.07, 6.45) is 1.07. The van der Waals surface area contributed by atoms with Crippen LogP contribution in [0.25, 0.3) is 0 Å². The summed E-state index contributed by atoms with van der Waals surface area (Å²) in [7, 11) is 0. The number of rotatable bonds is 3. The van der Waals surface area contributed by atoms with Gasteiger partial charge in [-0.25, -0.2) is 9.82 Å². The van der Waals surface area contributed by atoms with Crippen molar-refractivity contribution in [2.24, 2.45) is 5.84 Å². The second-order valence-electron chi connectivity index (χ2n) is 4.76. The number of nitrogens with two attached hydrogens (primary N) is 1. The first kappa shape index (κ1) is 15.8. The largest absolute Gasteiger partial charge is 0.271 e. The van der Waals surface area contributed by atoms with E-state index >= 15 is 0 Å². The van der Waals surface area contributed by atoms with Crippen LogP contribution in [0.5, 0.6) is 0 Å². The highest BCUT2D eigenvalue weighted by Crippen LogP contribution is 2.38. The van der Waals surface area contributed by atoms with Crippen molar-refractivity contribution in [3.05, 3.63) is 54.4 Å². The van der Waals surface area contributed by atoms with Crippen LogP contribution in [0.2, 0.25) is 5.02 Å². The summed E-state index contributed by atoms with van der Waals surface area (Å²) < 4.78 is 15.0. The molecule has 1 aliphatic heterocycles. The van der Waals surface area contributed by atoms with Gasteiger partial charge in [0.25, 0.3) is 0 Å². The van der Waals surface area contributed by atoms with Crippen LogP contribution in [0, 0.1) is 5.82 Å². The Balaban J connectivity index is 2.02. The van der Waals surface area contributed by atoms with Gasteiger partial charge in [0.05, 0.1) is 11.1 Å². The molecule has 0 fully saturated rings. The molecule has 1 aromatic carbocycles. The van der Waals surface area contributed by atoms with Gasteiger partial charge in [0.1, 0.15) is 5.82 Å². The Labute approximate surface area is 144 Å². The first-order chi connectivity index (χ1) is 10.1. The Hall–Kier alpha value is -0.110. The zero-order valence-corrected chi connectivity index (χ0v) is 14.9. The van der Waals surface area contributed by atoms with Crippen LogP contribution < -0.4 is 11.3 Å². The van der Waals surface area contributed by atoms with E-state index in [9.17, 15) is 4.39 Å². The molecule has 0 bridgehead atoms. The maximum atomic E-state index is 14.4. The summed E-state index contributed by atoms with van der Waals surface area (Å²) in [6.45, 7) is 0. The molecular weight excluding hydrogens is 395 g/mol. The number of nitrogens with one attached hydrogen (secondary N) is 1.